The van der Waals surface area contributed by atoms with Gasteiger partial charge in [-0.2, -0.15) is 0 Å². The molecular weight excluding hydrogens is 242 g/mol. The number of aromatic amines is 1. The highest BCUT2D eigenvalue weighted by molar-refractivity contribution is 5.87. The quantitative estimate of drug-likeness (QED) is 0.750. The highest BCUT2D eigenvalue weighted by Crippen LogP contribution is 2.18. The number of nitrogens with one attached hydrogen (secondary N) is 2. The van der Waals surface area contributed by atoms with Gasteiger partial charge in [0, 0.05) is 23.5 Å². The van der Waals surface area contributed by atoms with Crippen LogP contribution in [-0.4, -0.2) is 22.8 Å². The molecule has 0 saturated heterocycles. The average Bonchev–Trinajstić information content (AvgIpc) is 2.79. The van der Waals surface area contributed by atoms with Crippen molar-refractivity contribution in [1.82, 2.24) is 10.3 Å². The van der Waals surface area contributed by atoms with E-state index in [-0.39, 0.29) is 5.91 Å². The molecule has 5 nitrogen and oxygen atoms in total. The van der Waals surface area contributed by atoms with E-state index in [9.17, 15) is 9.59 Å². The third-order valence-corrected chi connectivity index (χ3v) is 3.10. The van der Waals surface area contributed by atoms with Gasteiger partial charge in [-0.1, -0.05) is 18.2 Å². The molecule has 0 bridgehead atoms. The lowest BCUT2D eigenvalue weighted by atomic mass is 10.1. The number of hydrogen-bond acceptors (Lipinski definition) is 2. The second-order valence-electron chi connectivity index (χ2n) is 4.55. The van der Waals surface area contributed by atoms with Gasteiger partial charge in [0.1, 0.15) is 6.04 Å². The summed E-state index contributed by atoms with van der Waals surface area (Å²) in [5, 5.41) is 3.69. The highest BCUT2D eigenvalue weighted by atomic mass is 16.2. The Hall–Kier alpha value is -2.30. The average molecular weight is 259 g/mol. The first-order valence-electron chi connectivity index (χ1n) is 6.21. The fourth-order valence-electron chi connectivity index (χ4n) is 1.97. The van der Waals surface area contributed by atoms with Crippen LogP contribution in [0.5, 0.6) is 0 Å². The maximum Gasteiger partial charge on any atom is 0.239 e. The maximum atomic E-state index is 11.7. The topological polar surface area (TPSA) is 88.0 Å². The Morgan fingerprint density at radius 3 is 2.84 bits per heavy atom. The van der Waals surface area contributed by atoms with Crippen molar-refractivity contribution in [2.75, 3.05) is 0 Å². The Labute approximate surface area is 111 Å². The van der Waals surface area contributed by atoms with E-state index in [2.05, 4.69) is 10.3 Å². The first-order chi connectivity index (χ1) is 9.08. The van der Waals surface area contributed by atoms with E-state index in [1.807, 2.05) is 30.5 Å². The minimum absolute atomic E-state index is 0.170. The monoisotopic (exact) mass is 259 g/mol. The minimum atomic E-state index is -0.629. The Morgan fingerprint density at radius 2 is 2.11 bits per heavy atom. The zero-order chi connectivity index (χ0) is 13.8. The van der Waals surface area contributed by atoms with E-state index < -0.39 is 11.9 Å². The molecule has 1 heterocycles. The number of benzene rings is 1. The number of hydrogen-bond donors (Lipinski definition) is 3. The predicted molar refractivity (Wildman–Crippen MR) is 73.4 cm³/mol. The smallest absolute Gasteiger partial charge is 0.239 e. The van der Waals surface area contributed by atoms with Crippen molar-refractivity contribution in [2.45, 2.75) is 25.8 Å². The van der Waals surface area contributed by atoms with Crippen LogP contribution >= 0.6 is 0 Å². The van der Waals surface area contributed by atoms with Gasteiger partial charge in [-0.15, -0.1) is 0 Å². The van der Waals surface area contributed by atoms with Crippen molar-refractivity contribution in [3.8, 4) is 0 Å². The summed E-state index contributed by atoms with van der Waals surface area (Å²) in [4.78, 5) is 25.7. The largest absolute Gasteiger partial charge is 0.368 e. The van der Waals surface area contributed by atoms with Crippen LogP contribution in [0.1, 0.15) is 18.9 Å². The number of aryl methyl sites for hydroxylation is 1. The van der Waals surface area contributed by atoms with E-state index in [1.165, 1.54) is 0 Å². The summed E-state index contributed by atoms with van der Waals surface area (Å²) in [5.41, 5.74) is 7.24. The number of amides is 2. The minimum Gasteiger partial charge on any atom is -0.368 e. The second kappa shape index (κ2) is 5.56. The molecule has 1 aromatic carbocycles. The molecule has 2 rings (SSSR count). The second-order valence-corrected chi connectivity index (χ2v) is 4.55. The number of primary amides is 1. The Morgan fingerprint density at radius 1 is 1.37 bits per heavy atom. The van der Waals surface area contributed by atoms with Crippen LogP contribution in [0.2, 0.25) is 0 Å². The molecule has 0 aliphatic carbocycles. The van der Waals surface area contributed by atoms with Crippen molar-refractivity contribution in [3.63, 3.8) is 0 Å². The van der Waals surface area contributed by atoms with Crippen LogP contribution in [0, 0.1) is 0 Å². The number of nitrogens with two attached hydrogens (primary N) is 1. The van der Waals surface area contributed by atoms with Crippen molar-refractivity contribution < 1.29 is 9.59 Å². The summed E-state index contributed by atoms with van der Waals surface area (Å²) in [6, 6.07) is 7.31. The fourth-order valence-corrected chi connectivity index (χ4v) is 1.97. The normalized spacial score (nSPS) is 12.3. The standard InChI is InChI=1S/C14H17N3O2/c1-9(14(15)19)17-13(18)7-6-10-8-16-12-5-3-2-4-11(10)12/h2-5,8-9,16H,6-7H2,1H3,(H2,15,19)(H,17,18). The molecular formula is C14H17N3O2. The van der Waals surface area contributed by atoms with E-state index in [4.69, 9.17) is 5.73 Å². The summed E-state index contributed by atoms with van der Waals surface area (Å²) in [6.07, 6.45) is 2.87. The Kier molecular flexibility index (Phi) is 3.85. The molecule has 5 heteroatoms. The molecule has 0 saturated carbocycles. The van der Waals surface area contributed by atoms with Crippen molar-refractivity contribution >= 4 is 22.7 Å². The first-order valence-corrected chi connectivity index (χ1v) is 6.21. The number of carbonyl (C=O) groups excluding carboxylic acids is 2. The molecule has 1 unspecified atom stereocenters. The lowest BCUT2D eigenvalue weighted by Crippen LogP contribution is -2.42. The van der Waals surface area contributed by atoms with Crippen LogP contribution in [0.3, 0.4) is 0 Å². The van der Waals surface area contributed by atoms with Crippen molar-refractivity contribution in [1.29, 1.82) is 0 Å². The number of fused-ring (bicyclic) bond motifs is 1. The first kappa shape index (κ1) is 13.1. The van der Waals surface area contributed by atoms with E-state index in [0.29, 0.717) is 12.8 Å². The Balaban J connectivity index is 1.95. The molecule has 0 fully saturated rings. The number of para-hydroxylation sites is 1. The summed E-state index contributed by atoms with van der Waals surface area (Å²) >= 11 is 0. The van der Waals surface area contributed by atoms with Crippen LogP contribution < -0.4 is 11.1 Å². The van der Waals surface area contributed by atoms with Gasteiger partial charge in [0.05, 0.1) is 0 Å². The zero-order valence-corrected chi connectivity index (χ0v) is 10.8. The highest BCUT2D eigenvalue weighted by Gasteiger charge is 2.12. The van der Waals surface area contributed by atoms with Gasteiger partial charge in [0.25, 0.3) is 0 Å². The molecule has 19 heavy (non-hydrogen) atoms. The van der Waals surface area contributed by atoms with E-state index >= 15 is 0 Å². The molecule has 0 aliphatic heterocycles. The maximum absolute atomic E-state index is 11.7. The van der Waals surface area contributed by atoms with E-state index in [1.54, 1.807) is 6.92 Å². The summed E-state index contributed by atoms with van der Waals surface area (Å²) in [6.45, 7) is 1.58. The molecule has 1 atom stereocenters. The number of H-pyrrole nitrogens is 1. The van der Waals surface area contributed by atoms with Crippen molar-refractivity contribution in [2.24, 2.45) is 5.73 Å². The number of carbonyl (C=O) groups is 2. The SMILES string of the molecule is CC(NC(=O)CCc1c[nH]c2ccccc12)C(N)=O. The third kappa shape index (κ3) is 3.13. The molecule has 2 aromatic rings. The van der Waals surface area contributed by atoms with Gasteiger partial charge in [-0.25, -0.2) is 0 Å². The zero-order valence-electron chi connectivity index (χ0n) is 10.8. The van der Waals surface area contributed by atoms with Crippen LogP contribution in [0.4, 0.5) is 0 Å². The molecule has 4 N–H and O–H groups in total. The summed E-state index contributed by atoms with van der Waals surface area (Å²) in [7, 11) is 0. The van der Waals surface area contributed by atoms with Gasteiger partial charge in [-0.05, 0) is 25.0 Å². The fraction of sp³-hybridized carbons (Fsp3) is 0.286. The number of rotatable bonds is 5. The summed E-state index contributed by atoms with van der Waals surface area (Å²) in [5.74, 6) is -0.697. The van der Waals surface area contributed by atoms with Gasteiger partial charge in [0.15, 0.2) is 0 Å². The Bertz CT molecular complexity index is 604. The van der Waals surface area contributed by atoms with Crippen LogP contribution in [-0.2, 0) is 16.0 Å². The lowest BCUT2D eigenvalue weighted by molar-refractivity contribution is -0.126. The van der Waals surface area contributed by atoms with Crippen molar-refractivity contribution in [3.05, 3.63) is 36.0 Å². The third-order valence-electron chi connectivity index (χ3n) is 3.10. The van der Waals surface area contributed by atoms with Gasteiger partial charge in [-0.3, -0.25) is 9.59 Å². The van der Waals surface area contributed by atoms with Gasteiger partial charge < -0.3 is 16.0 Å². The van der Waals surface area contributed by atoms with E-state index in [0.717, 1.165) is 16.5 Å². The molecule has 100 valence electrons. The van der Waals surface area contributed by atoms with Gasteiger partial charge >= 0.3 is 0 Å². The molecule has 0 aliphatic rings. The predicted octanol–water partition coefficient (Wildman–Crippen LogP) is 1.09. The summed E-state index contributed by atoms with van der Waals surface area (Å²) < 4.78 is 0. The van der Waals surface area contributed by atoms with Crippen LogP contribution in [0.15, 0.2) is 30.5 Å². The molecule has 1 aromatic heterocycles. The molecule has 0 spiro atoms. The molecule has 2 amide bonds. The van der Waals surface area contributed by atoms with Crippen LogP contribution in [0.25, 0.3) is 10.9 Å². The number of aromatic nitrogens is 1. The van der Waals surface area contributed by atoms with Gasteiger partial charge in [0.2, 0.25) is 11.8 Å². The molecule has 0 radical (unpaired) electrons. The lowest BCUT2D eigenvalue weighted by Gasteiger charge is -2.09.